The Morgan fingerprint density at radius 3 is 2.79 bits per heavy atom. The maximum absolute atomic E-state index is 12.6. The van der Waals surface area contributed by atoms with Crippen LogP contribution in [0.25, 0.3) is 0 Å². The lowest BCUT2D eigenvalue weighted by atomic mass is 9.83. The molecular formula is C20H29N3O. The Kier molecular flexibility index (Phi) is 4.86. The molecule has 4 heteroatoms. The second-order valence-corrected chi connectivity index (χ2v) is 7.76. The first-order valence-corrected chi connectivity index (χ1v) is 9.67. The largest absolute Gasteiger partial charge is 0.354 e. The van der Waals surface area contributed by atoms with Crippen LogP contribution in [0, 0.1) is 11.8 Å². The summed E-state index contributed by atoms with van der Waals surface area (Å²) in [5.74, 6) is 1.04. The zero-order chi connectivity index (χ0) is 16.4. The number of amides is 1. The summed E-state index contributed by atoms with van der Waals surface area (Å²) >= 11 is 0. The van der Waals surface area contributed by atoms with Crippen molar-refractivity contribution in [3.05, 3.63) is 35.4 Å². The highest BCUT2D eigenvalue weighted by Gasteiger charge is 2.36. The molecule has 3 N–H and O–H groups in total. The maximum atomic E-state index is 12.6. The molecule has 24 heavy (non-hydrogen) atoms. The SMILES string of the molecule is O=C(NCC1NNC2CCCCCC21)C1CCc2ccccc2C1. The van der Waals surface area contributed by atoms with Crippen LogP contribution in [0.3, 0.4) is 0 Å². The molecule has 1 aliphatic heterocycles. The molecule has 4 rings (SSSR count). The van der Waals surface area contributed by atoms with Crippen molar-refractivity contribution < 1.29 is 4.79 Å². The molecule has 1 saturated heterocycles. The zero-order valence-electron chi connectivity index (χ0n) is 14.4. The van der Waals surface area contributed by atoms with Crippen molar-refractivity contribution in [2.75, 3.05) is 6.54 Å². The van der Waals surface area contributed by atoms with Gasteiger partial charge >= 0.3 is 0 Å². The van der Waals surface area contributed by atoms with Crippen molar-refractivity contribution in [2.45, 2.75) is 63.5 Å². The van der Waals surface area contributed by atoms with Gasteiger partial charge in [-0.05, 0) is 49.1 Å². The van der Waals surface area contributed by atoms with Crippen LogP contribution in [0.4, 0.5) is 0 Å². The third kappa shape index (κ3) is 3.35. The van der Waals surface area contributed by atoms with E-state index in [2.05, 4.69) is 40.4 Å². The van der Waals surface area contributed by atoms with Crippen molar-refractivity contribution in [1.82, 2.24) is 16.2 Å². The minimum absolute atomic E-state index is 0.138. The lowest BCUT2D eigenvalue weighted by molar-refractivity contribution is -0.125. The Balaban J connectivity index is 1.31. The molecule has 0 bridgehead atoms. The van der Waals surface area contributed by atoms with Gasteiger partial charge in [0.05, 0.1) is 0 Å². The standard InChI is InChI=1S/C20H29N3O/c24-20(16-11-10-14-6-4-5-7-15(14)12-16)21-13-19-17-8-2-1-3-9-18(17)22-23-19/h4-7,16-19,22-23H,1-3,8-13H2,(H,21,24). The molecule has 1 aromatic rings. The molecular weight excluding hydrogens is 298 g/mol. The van der Waals surface area contributed by atoms with Crippen LogP contribution in [-0.4, -0.2) is 24.5 Å². The van der Waals surface area contributed by atoms with Gasteiger partial charge in [-0.25, -0.2) is 0 Å². The number of aryl methyl sites for hydroxylation is 1. The van der Waals surface area contributed by atoms with Crippen molar-refractivity contribution in [1.29, 1.82) is 0 Å². The van der Waals surface area contributed by atoms with Gasteiger partial charge in [-0.1, -0.05) is 43.5 Å². The third-order valence-corrected chi connectivity index (χ3v) is 6.25. The van der Waals surface area contributed by atoms with Crippen LogP contribution >= 0.6 is 0 Å². The normalized spacial score (nSPS) is 32.5. The molecule has 0 radical (unpaired) electrons. The predicted octanol–water partition coefficient (Wildman–Crippen LogP) is 2.33. The van der Waals surface area contributed by atoms with Gasteiger partial charge in [0.15, 0.2) is 0 Å². The quantitative estimate of drug-likeness (QED) is 0.799. The van der Waals surface area contributed by atoms with Gasteiger partial charge in [-0.2, -0.15) is 0 Å². The number of hydrazine groups is 1. The van der Waals surface area contributed by atoms with E-state index < -0.39 is 0 Å². The van der Waals surface area contributed by atoms with Gasteiger partial charge in [0.25, 0.3) is 0 Å². The van der Waals surface area contributed by atoms with Crippen LogP contribution in [0.1, 0.15) is 49.7 Å². The second-order valence-electron chi connectivity index (χ2n) is 7.76. The first kappa shape index (κ1) is 16.1. The molecule has 1 amide bonds. The summed E-state index contributed by atoms with van der Waals surface area (Å²) in [6.45, 7) is 0.755. The van der Waals surface area contributed by atoms with Gasteiger partial charge in [-0.15, -0.1) is 0 Å². The van der Waals surface area contributed by atoms with E-state index in [9.17, 15) is 4.79 Å². The molecule has 1 heterocycles. The number of carbonyl (C=O) groups is 1. The molecule has 2 fully saturated rings. The number of nitrogens with one attached hydrogen (secondary N) is 3. The Hall–Kier alpha value is -1.39. The lowest BCUT2D eigenvalue weighted by Gasteiger charge is -2.25. The summed E-state index contributed by atoms with van der Waals surface area (Å²) in [6.07, 6.45) is 9.46. The Labute approximate surface area is 144 Å². The van der Waals surface area contributed by atoms with Gasteiger partial charge in [0.2, 0.25) is 5.91 Å². The highest BCUT2D eigenvalue weighted by molar-refractivity contribution is 5.79. The van der Waals surface area contributed by atoms with E-state index in [1.165, 1.54) is 43.2 Å². The fourth-order valence-corrected chi connectivity index (χ4v) is 4.80. The molecule has 1 aromatic carbocycles. The van der Waals surface area contributed by atoms with Gasteiger partial charge in [0.1, 0.15) is 0 Å². The summed E-state index contributed by atoms with van der Waals surface area (Å²) in [4.78, 5) is 12.6. The molecule has 2 aliphatic carbocycles. The van der Waals surface area contributed by atoms with E-state index >= 15 is 0 Å². The molecule has 4 nitrogen and oxygen atoms in total. The molecule has 130 valence electrons. The number of hydrogen-bond donors (Lipinski definition) is 3. The summed E-state index contributed by atoms with van der Waals surface area (Å²) in [5.41, 5.74) is 9.68. The number of hydrogen-bond acceptors (Lipinski definition) is 3. The summed E-state index contributed by atoms with van der Waals surface area (Å²) in [5, 5.41) is 3.24. The molecule has 0 spiro atoms. The fraction of sp³-hybridized carbons (Fsp3) is 0.650. The number of fused-ring (bicyclic) bond motifs is 2. The Morgan fingerprint density at radius 1 is 1.04 bits per heavy atom. The monoisotopic (exact) mass is 327 g/mol. The Morgan fingerprint density at radius 2 is 1.88 bits per heavy atom. The van der Waals surface area contributed by atoms with Crippen LogP contribution in [0.2, 0.25) is 0 Å². The van der Waals surface area contributed by atoms with Crippen LogP contribution in [-0.2, 0) is 17.6 Å². The average molecular weight is 327 g/mol. The van der Waals surface area contributed by atoms with Crippen LogP contribution in [0.5, 0.6) is 0 Å². The average Bonchev–Trinajstić information content (AvgIpc) is 2.85. The molecule has 3 aliphatic rings. The molecule has 4 unspecified atom stereocenters. The van der Waals surface area contributed by atoms with Gasteiger partial charge in [-0.3, -0.25) is 15.6 Å². The molecule has 0 aromatic heterocycles. The van der Waals surface area contributed by atoms with E-state index in [1.54, 1.807) is 0 Å². The minimum Gasteiger partial charge on any atom is -0.354 e. The second kappa shape index (κ2) is 7.24. The van der Waals surface area contributed by atoms with Gasteiger partial charge < -0.3 is 5.32 Å². The highest BCUT2D eigenvalue weighted by atomic mass is 16.1. The summed E-state index contributed by atoms with van der Waals surface area (Å²) in [7, 11) is 0. The first-order chi connectivity index (χ1) is 11.8. The van der Waals surface area contributed by atoms with Crippen LogP contribution in [0.15, 0.2) is 24.3 Å². The molecule has 4 atom stereocenters. The number of carbonyl (C=O) groups excluding carboxylic acids is 1. The smallest absolute Gasteiger partial charge is 0.223 e. The topological polar surface area (TPSA) is 53.2 Å². The minimum atomic E-state index is 0.138. The maximum Gasteiger partial charge on any atom is 0.223 e. The zero-order valence-corrected chi connectivity index (χ0v) is 14.4. The van der Waals surface area contributed by atoms with Gasteiger partial charge in [0, 0.05) is 24.5 Å². The predicted molar refractivity (Wildman–Crippen MR) is 95.4 cm³/mol. The van der Waals surface area contributed by atoms with E-state index in [0.717, 1.165) is 25.8 Å². The van der Waals surface area contributed by atoms with E-state index in [1.807, 2.05) is 0 Å². The van der Waals surface area contributed by atoms with Crippen molar-refractivity contribution in [2.24, 2.45) is 11.8 Å². The highest BCUT2D eigenvalue weighted by Crippen LogP contribution is 2.29. The van der Waals surface area contributed by atoms with E-state index in [0.29, 0.717) is 18.0 Å². The van der Waals surface area contributed by atoms with Crippen molar-refractivity contribution in [3.8, 4) is 0 Å². The van der Waals surface area contributed by atoms with Crippen LogP contribution < -0.4 is 16.2 Å². The van der Waals surface area contributed by atoms with E-state index in [-0.39, 0.29) is 11.8 Å². The first-order valence-electron chi connectivity index (χ1n) is 9.67. The fourth-order valence-electron chi connectivity index (χ4n) is 4.80. The lowest BCUT2D eigenvalue weighted by Crippen LogP contribution is -2.44. The van der Waals surface area contributed by atoms with Crippen molar-refractivity contribution >= 4 is 5.91 Å². The third-order valence-electron chi connectivity index (χ3n) is 6.25. The number of rotatable bonds is 3. The summed E-state index contributed by atoms with van der Waals surface area (Å²) in [6, 6.07) is 9.53. The summed E-state index contributed by atoms with van der Waals surface area (Å²) < 4.78 is 0. The van der Waals surface area contributed by atoms with E-state index in [4.69, 9.17) is 0 Å². The number of benzene rings is 1. The Bertz CT molecular complexity index is 588. The molecule has 1 saturated carbocycles. The van der Waals surface area contributed by atoms with Crippen molar-refractivity contribution in [3.63, 3.8) is 0 Å².